The molecule has 1 atom stereocenters. The van der Waals surface area contributed by atoms with Crippen LogP contribution in [-0.2, 0) is 53.6 Å². The van der Waals surface area contributed by atoms with Gasteiger partial charge in [0.1, 0.15) is 0 Å². The molecule has 0 nitrogen and oxygen atoms in total. The first-order chi connectivity index (χ1) is 0. The van der Waals surface area contributed by atoms with Crippen LogP contribution in [0.4, 0.5) is 0 Å². The van der Waals surface area contributed by atoms with Crippen molar-refractivity contribution in [3.8, 4) is 0 Å². The van der Waals surface area contributed by atoms with Crippen LogP contribution in [0.25, 0.3) is 0 Å². The quantitative estimate of drug-likeness (QED) is 0.398. The predicted molar refractivity (Wildman–Crippen MR) is 11.1 cm³/mol. The molecule has 28 valence electrons. The second kappa shape index (κ2) is 19.5. The Hall–Kier alpha value is 2.09. The van der Waals surface area contributed by atoms with Crippen molar-refractivity contribution >= 4 is 9.90 Å². The van der Waals surface area contributed by atoms with Gasteiger partial charge in [0.05, 0.1) is 0 Å². The van der Waals surface area contributed by atoms with Gasteiger partial charge in [-0.15, -0.1) is 0 Å². The first-order valence-electron chi connectivity index (χ1n) is 0. The van der Waals surface area contributed by atoms with Crippen molar-refractivity contribution in [2.75, 3.05) is 0 Å². The molecular weight excluding hydrogens is 215 g/mol. The van der Waals surface area contributed by atoms with Crippen molar-refractivity contribution in [2.24, 2.45) is 0 Å². The predicted octanol–water partition coefficient (Wildman–Crippen LogP) is 0.0506. The number of hydrogen-bond acceptors (Lipinski definition) is 0. The van der Waals surface area contributed by atoms with Gasteiger partial charge in [0, 0.05) is 53.6 Å². The summed E-state index contributed by atoms with van der Waals surface area (Å²) in [7, 11) is 0. The monoisotopic (exact) mass is 216 g/mol. The topological polar surface area (TPSA) is 0 Å². The van der Waals surface area contributed by atoms with E-state index < -0.39 is 0 Å². The summed E-state index contributed by atoms with van der Waals surface area (Å²) in [5.41, 5.74) is 0. The number of hydrogen-bond donors (Lipinski definition) is 0. The summed E-state index contributed by atoms with van der Waals surface area (Å²) in [6.45, 7) is 0. The van der Waals surface area contributed by atoms with E-state index in [9.17, 15) is 0 Å². The van der Waals surface area contributed by atoms with Crippen molar-refractivity contribution in [3.63, 3.8) is 0 Å². The van der Waals surface area contributed by atoms with Gasteiger partial charge >= 0.3 is 0 Å². The van der Waals surface area contributed by atoms with E-state index in [1.807, 2.05) is 0 Å². The Kier molecular flexibility index (Phi) is 176. The van der Waals surface area contributed by atoms with E-state index in [1.54, 1.807) is 0 Å². The second-order valence-corrected chi connectivity index (χ2v) is 0. The standard InChI is InChI=1S/Cu.Mn.H3P.Zn/h;;1H3;. The minimum atomic E-state index is 0. The maximum atomic E-state index is 0. The van der Waals surface area contributed by atoms with E-state index in [0.29, 0.717) is 0 Å². The molecule has 0 aromatic rings. The van der Waals surface area contributed by atoms with Crippen LogP contribution in [0.2, 0.25) is 0 Å². The molecule has 4 heteroatoms. The molecule has 0 aliphatic heterocycles. The zero-order valence-corrected chi connectivity index (χ0v) is 8.60. The van der Waals surface area contributed by atoms with Gasteiger partial charge in [0.2, 0.25) is 0 Å². The van der Waals surface area contributed by atoms with Gasteiger partial charge in [-0.1, -0.05) is 0 Å². The Morgan fingerprint density at radius 3 is 1.00 bits per heavy atom. The van der Waals surface area contributed by atoms with Gasteiger partial charge in [-0.05, 0) is 0 Å². The molecule has 2 radical (unpaired) electrons. The zero-order chi connectivity index (χ0) is 0. The fourth-order valence-electron chi connectivity index (χ4n) is 0. The van der Waals surface area contributed by atoms with E-state index in [0.717, 1.165) is 0 Å². The Balaban J connectivity index is 0. The van der Waals surface area contributed by atoms with E-state index in [-0.39, 0.29) is 63.5 Å². The molecule has 0 aliphatic rings. The fourth-order valence-corrected chi connectivity index (χ4v) is 0. The van der Waals surface area contributed by atoms with Crippen molar-refractivity contribution in [1.29, 1.82) is 0 Å². The molecule has 4 heavy (non-hydrogen) atoms. The average molecular weight is 218 g/mol. The largest absolute Gasteiger partial charge is 0.153 e. The first-order valence-corrected chi connectivity index (χ1v) is 0. The molecule has 0 N–H and O–H groups in total. The van der Waals surface area contributed by atoms with Gasteiger partial charge in [-0.3, -0.25) is 0 Å². The summed E-state index contributed by atoms with van der Waals surface area (Å²) >= 11 is 0. The molecule has 0 spiro atoms. The van der Waals surface area contributed by atoms with Gasteiger partial charge < -0.3 is 0 Å². The number of rotatable bonds is 0. The summed E-state index contributed by atoms with van der Waals surface area (Å²) in [4.78, 5) is 0. The van der Waals surface area contributed by atoms with E-state index in [1.165, 1.54) is 0 Å². The third-order valence-electron chi connectivity index (χ3n) is 0. The molecular formula is H3CuMnPZn. The van der Waals surface area contributed by atoms with Crippen LogP contribution in [0, 0.1) is 0 Å². The fraction of sp³-hybridized carbons (Fsp3) is 0. The molecule has 0 rings (SSSR count). The van der Waals surface area contributed by atoms with Gasteiger partial charge in [-0.25, -0.2) is 0 Å². The SMILES string of the molecule is P.[Cu].[Mn].[Zn]. The van der Waals surface area contributed by atoms with Crippen LogP contribution in [0.15, 0.2) is 0 Å². The molecule has 0 amide bonds. The Morgan fingerprint density at radius 2 is 1.00 bits per heavy atom. The maximum Gasteiger partial charge on any atom is 0 e. The van der Waals surface area contributed by atoms with E-state index >= 15 is 0 Å². The Labute approximate surface area is 63.2 Å². The summed E-state index contributed by atoms with van der Waals surface area (Å²) in [5.74, 6) is 0. The van der Waals surface area contributed by atoms with Crippen molar-refractivity contribution in [3.05, 3.63) is 0 Å². The Bertz CT molecular complexity index is 8.00. The van der Waals surface area contributed by atoms with E-state index in [4.69, 9.17) is 0 Å². The average Bonchev–Trinajstić information content (AvgIpc) is 0. The van der Waals surface area contributed by atoms with Crippen LogP contribution in [0.5, 0.6) is 0 Å². The molecule has 0 bridgehead atoms. The molecule has 0 saturated heterocycles. The van der Waals surface area contributed by atoms with Crippen LogP contribution < -0.4 is 0 Å². The van der Waals surface area contributed by atoms with Crippen LogP contribution in [0.3, 0.4) is 0 Å². The van der Waals surface area contributed by atoms with Crippen molar-refractivity contribution in [2.45, 2.75) is 0 Å². The third-order valence-corrected chi connectivity index (χ3v) is 0. The summed E-state index contributed by atoms with van der Waals surface area (Å²) in [6.07, 6.45) is 0. The minimum Gasteiger partial charge on any atom is -0.153 e. The maximum absolute atomic E-state index is 0. The van der Waals surface area contributed by atoms with Crippen molar-refractivity contribution < 1.29 is 53.6 Å². The summed E-state index contributed by atoms with van der Waals surface area (Å²) in [5, 5.41) is 0. The third kappa shape index (κ3) is 8.94. The molecule has 0 heterocycles. The zero-order valence-electron chi connectivity index (χ0n) is 2.09. The Morgan fingerprint density at radius 1 is 1.00 bits per heavy atom. The van der Waals surface area contributed by atoms with Gasteiger partial charge in [-0.2, -0.15) is 9.90 Å². The van der Waals surface area contributed by atoms with Crippen LogP contribution >= 0.6 is 9.90 Å². The van der Waals surface area contributed by atoms with Crippen molar-refractivity contribution in [1.82, 2.24) is 0 Å². The van der Waals surface area contributed by atoms with Gasteiger partial charge in [0.15, 0.2) is 0 Å². The molecule has 0 saturated carbocycles. The molecule has 1 unspecified atom stereocenters. The van der Waals surface area contributed by atoms with Crippen LogP contribution in [0.1, 0.15) is 0 Å². The molecule has 0 aromatic carbocycles. The normalized spacial score (nSPS) is 0. The minimum absolute atomic E-state index is 0. The summed E-state index contributed by atoms with van der Waals surface area (Å²) in [6, 6.07) is 0. The molecule has 0 aliphatic carbocycles. The summed E-state index contributed by atoms with van der Waals surface area (Å²) < 4.78 is 0. The first kappa shape index (κ1) is 36.1. The molecule has 0 fully saturated rings. The van der Waals surface area contributed by atoms with E-state index in [2.05, 4.69) is 0 Å². The van der Waals surface area contributed by atoms with Gasteiger partial charge in [0.25, 0.3) is 0 Å². The molecule has 0 aromatic heterocycles. The van der Waals surface area contributed by atoms with Crippen LogP contribution in [-0.4, -0.2) is 0 Å². The smallest absolute Gasteiger partial charge is 0 e. The second-order valence-electron chi connectivity index (χ2n) is 0.